The van der Waals surface area contributed by atoms with Crippen molar-refractivity contribution in [3.8, 4) is 0 Å². The minimum absolute atomic E-state index is 0.0454. The first-order valence-electron chi connectivity index (χ1n) is 6.73. The molecule has 0 saturated carbocycles. The van der Waals surface area contributed by atoms with Crippen LogP contribution < -0.4 is 0 Å². The summed E-state index contributed by atoms with van der Waals surface area (Å²) in [5.41, 5.74) is 0.0454. The van der Waals surface area contributed by atoms with Crippen LogP contribution in [0.4, 0.5) is 13.2 Å². The number of hydrogen-bond donors (Lipinski definition) is 1. The normalized spacial score (nSPS) is 18.4. The smallest absolute Gasteiger partial charge is 0.383 e. The van der Waals surface area contributed by atoms with Gasteiger partial charge >= 0.3 is 6.18 Å². The number of aliphatic hydroxyl groups excluding tert-OH is 1. The minimum atomic E-state index is -4.63. The summed E-state index contributed by atoms with van der Waals surface area (Å²) >= 11 is 5.89. The Labute approximate surface area is 130 Å². The third-order valence-corrected chi connectivity index (χ3v) is 3.95. The van der Waals surface area contributed by atoms with Crippen LogP contribution in [0, 0.1) is 12.8 Å². The molecule has 0 aliphatic carbocycles. The van der Waals surface area contributed by atoms with Gasteiger partial charge in [-0.15, -0.1) is 0 Å². The number of amides is 1. The lowest BCUT2D eigenvalue weighted by Gasteiger charge is -2.34. The summed E-state index contributed by atoms with van der Waals surface area (Å²) in [5, 5.41) is 9.37. The maximum Gasteiger partial charge on any atom is 0.414 e. The summed E-state index contributed by atoms with van der Waals surface area (Å²) in [6.45, 7) is 1.85. The first-order chi connectivity index (χ1) is 10.2. The second kappa shape index (κ2) is 6.37. The fourth-order valence-electron chi connectivity index (χ4n) is 2.44. The zero-order valence-corrected chi connectivity index (χ0v) is 12.5. The molecular weight excluding hydrogens is 323 g/mol. The van der Waals surface area contributed by atoms with Crippen molar-refractivity contribution < 1.29 is 23.1 Å². The molecule has 1 saturated heterocycles. The van der Waals surface area contributed by atoms with Gasteiger partial charge in [0.25, 0.3) is 5.91 Å². The van der Waals surface area contributed by atoms with Crippen molar-refractivity contribution in [3.63, 3.8) is 0 Å². The van der Waals surface area contributed by atoms with Crippen molar-refractivity contribution >= 4 is 17.5 Å². The van der Waals surface area contributed by atoms with E-state index in [1.54, 1.807) is 6.92 Å². The van der Waals surface area contributed by atoms with Gasteiger partial charge in [-0.3, -0.25) is 4.79 Å². The Morgan fingerprint density at radius 3 is 2.59 bits per heavy atom. The summed E-state index contributed by atoms with van der Waals surface area (Å²) in [6.07, 6.45) is -5.52. The molecule has 2 rings (SSSR count). The van der Waals surface area contributed by atoms with E-state index in [0.29, 0.717) is 5.82 Å². The second-order valence-electron chi connectivity index (χ2n) is 5.23. The van der Waals surface area contributed by atoms with Crippen molar-refractivity contribution in [2.45, 2.75) is 32.0 Å². The van der Waals surface area contributed by atoms with Crippen molar-refractivity contribution in [2.75, 3.05) is 13.1 Å². The monoisotopic (exact) mass is 337 g/mol. The molecule has 1 fully saturated rings. The average Bonchev–Trinajstić information content (AvgIpc) is 2.47. The summed E-state index contributed by atoms with van der Waals surface area (Å²) in [5.74, 6) is -0.947. The van der Waals surface area contributed by atoms with E-state index in [2.05, 4.69) is 9.97 Å². The van der Waals surface area contributed by atoms with Gasteiger partial charge in [0, 0.05) is 13.1 Å². The van der Waals surface area contributed by atoms with E-state index >= 15 is 0 Å². The van der Waals surface area contributed by atoms with Crippen LogP contribution in [0.2, 0.25) is 5.02 Å². The van der Waals surface area contributed by atoms with Crippen LogP contribution in [0.3, 0.4) is 0 Å². The van der Waals surface area contributed by atoms with Crippen LogP contribution in [0.1, 0.15) is 29.2 Å². The Bertz CT molecular complexity index is 560. The molecular formula is C13H15ClF3N3O2. The summed E-state index contributed by atoms with van der Waals surface area (Å²) < 4.78 is 37.5. The van der Waals surface area contributed by atoms with E-state index < -0.39 is 24.1 Å². The van der Waals surface area contributed by atoms with Crippen LogP contribution in [0.5, 0.6) is 0 Å². The number of carbonyl (C=O) groups is 1. The number of hydrogen-bond acceptors (Lipinski definition) is 4. The van der Waals surface area contributed by atoms with Gasteiger partial charge < -0.3 is 10.0 Å². The first-order valence-corrected chi connectivity index (χ1v) is 7.11. The Morgan fingerprint density at radius 1 is 1.45 bits per heavy atom. The molecule has 122 valence electrons. The van der Waals surface area contributed by atoms with E-state index in [1.807, 2.05) is 0 Å². The van der Waals surface area contributed by atoms with Crippen LogP contribution in [0.25, 0.3) is 0 Å². The minimum Gasteiger partial charge on any atom is -0.383 e. The third kappa shape index (κ3) is 3.67. The van der Waals surface area contributed by atoms with E-state index in [1.165, 1.54) is 11.1 Å². The molecule has 1 unspecified atom stereocenters. The molecule has 1 aliphatic rings. The number of carbonyl (C=O) groups excluding carboxylic acids is 1. The van der Waals surface area contributed by atoms with Gasteiger partial charge in [0.15, 0.2) is 11.8 Å². The number of aromatic nitrogens is 2. The molecule has 9 heteroatoms. The van der Waals surface area contributed by atoms with Crippen LogP contribution in [0.15, 0.2) is 6.20 Å². The van der Waals surface area contributed by atoms with Gasteiger partial charge in [-0.05, 0) is 25.7 Å². The molecule has 1 aliphatic heterocycles. The lowest BCUT2D eigenvalue weighted by molar-refractivity contribution is -0.222. The maximum absolute atomic E-state index is 12.5. The fraction of sp³-hybridized carbons (Fsp3) is 0.615. The molecule has 1 aromatic heterocycles. The standard InChI is InChI=1S/C13H15ClF3N3O2/c1-7-18-6-9(14)10(19-7)12(22)20-4-2-8(3-5-20)11(21)13(15,16)17/h6,8,11,21H,2-5H2,1H3. The Hall–Kier alpha value is -1.41. The Balaban J connectivity index is 2.02. The molecule has 0 spiro atoms. The van der Waals surface area contributed by atoms with E-state index in [0.717, 1.165) is 0 Å². The highest BCUT2D eigenvalue weighted by Gasteiger charge is 2.44. The van der Waals surface area contributed by atoms with E-state index in [-0.39, 0.29) is 36.6 Å². The molecule has 1 aromatic rings. The van der Waals surface area contributed by atoms with Gasteiger partial charge in [0.1, 0.15) is 5.82 Å². The predicted molar refractivity (Wildman–Crippen MR) is 72.5 cm³/mol. The summed E-state index contributed by atoms with van der Waals surface area (Å²) in [7, 11) is 0. The van der Waals surface area contributed by atoms with Crippen molar-refractivity contribution in [1.82, 2.24) is 14.9 Å². The maximum atomic E-state index is 12.5. The Kier molecular flexibility index (Phi) is 4.91. The summed E-state index contributed by atoms with van der Waals surface area (Å²) in [4.78, 5) is 21.5. The highest BCUT2D eigenvalue weighted by Crippen LogP contribution is 2.32. The number of rotatable bonds is 2. The van der Waals surface area contributed by atoms with Gasteiger partial charge in [-0.1, -0.05) is 11.6 Å². The van der Waals surface area contributed by atoms with Crippen LogP contribution in [-0.2, 0) is 0 Å². The van der Waals surface area contributed by atoms with Gasteiger partial charge in [0.2, 0.25) is 0 Å². The zero-order valence-electron chi connectivity index (χ0n) is 11.8. The quantitative estimate of drug-likeness (QED) is 0.898. The van der Waals surface area contributed by atoms with Crippen molar-refractivity contribution in [1.29, 1.82) is 0 Å². The lowest BCUT2D eigenvalue weighted by Crippen LogP contribution is -2.45. The van der Waals surface area contributed by atoms with E-state index in [9.17, 15) is 23.1 Å². The van der Waals surface area contributed by atoms with Crippen LogP contribution in [-0.4, -0.2) is 51.3 Å². The Morgan fingerprint density at radius 2 is 2.05 bits per heavy atom. The molecule has 22 heavy (non-hydrogen) atoms. The van der Waals surface area contributed by atoms with Crippen LogP contribution >= 0.6 is 11.6 Å². The number of aliphatic hydroxyl groups is 1. The predicted octanol–water partition coefficient (Wildman–Crippen LogP) is 2.21. The SMILES string of the molecule is Cc1ncc(Cl)c(C(=O)N2CCC(C(O)C(F)(F)F)CC2)n1. The van der Waals surface area contributed by atoms with Crippen molar-refractivity contribution in [3.05, 3.63) is 22.7 Å². The molecule has 5 nitrogen and oxygen atoms in total. The number of likely N-dealkylation sites (tertiary alicyclic amines) is 1. The topological polar surface area (TPSA) is 66.3 Å². The molecule has 2 heterocycles. The second-order valence-corrected chi connectivity index (χ2v) is 5.64. The first kappa shape index (κ1) is 17.0. The fourth-order valence-corrected chi connectivity index (χ4v) is 2.61. The highest BCUT2D eigenvalue weighted by molar-refractivity contribution is 6.33. The molecule has 1 N–H and O–H groups in total. The average molecular weight is 338 g/mol. The summed E-state index contributed by atoms with van der Waals surface area (Å²) in [6, 6.07) is 0. The largest absolute Gasteiger partial charge is 0.414 e. The number of piperidine rings is 1. The number of halogens is 4. The lowest BCUT2D eigenvalue weighted by atomic mass is 9.91. The van der Waals surface area contributed by atoms with Gasteiger partial charge in [0.05, 0.1) is 11.2 Å². The molecule has 1 atom stereocenters. The van der Waals surface area contributed by atoms with Crippen molar-refractivity contribution in [2.24, 2.45) is 5.92 Å². The third-order valence-electron chi connectivity index (χ3n) is 3.68. The number of nitrogens with zero attached hydrogens (tertiary/aromatic N) is 3. The molecule has 0 bridgehead atoms. The van der Waals surface area contributed by atoms with E-state index in [4.69, 9.17) is 11.6 Å². The number of aryl methyl sites for hydroxylation is 1. The number of alkyl halides is 3. The highest BCUT2D eigenvalue weighted by atomic mass is 35.5. The van der Waals surface area contributed by atoms with Gasteiger partial charge in [-0.2, -0.15) is 13.2 Å². The molecule has 0 radical (unpaired) electrons. The van der Waals surface area contributed by atoms with Gasteiger partial charge in [-0.25, -0.2) is 9.97 Å². The zero-order chi connectivity index (χ0) is 16.5. The molecule has 1 amide bonds. The molecule has 0 aromatic carbocycles.